The van der Waals surface area contributed by atoms with E-state index < -0.39 is 34.5 Å². The van der Waals surface area contributed by atoms with E-state index in [4.69, 9.17) is 16.3 Å². The number of halogens is 2. The van der Waals surface area contributed by atoms with E-state index in [0.717, 1.165) is 12.1 Å². The summed E-state index contributed by atoms with van der Waals surface area (Å²) in [6, 6.07) is 10.2. The van der Waals surface area contributed by atoms with Crippen molar-refractivity contribution in [1.29, 1.82) is 0 Å². The third-order valence-corrected chi connectivity index (χ3v) is 5.10. The molecule has 8 nitrogen and oxygen atoms in total. The second-order valence-corrected chi connectivity index (χ2v) is 7.33. The van der Waals surface area contributed by atoms with Gasteiger partial charge in [0.1, 0.15) is 5.82 Å². The maximum absolute atomic E-state index is 13.1. The minimum Gasteiger partial charge on any atom is -0.454 e. The maximum Gasteiger partial charge on any atom is 0.312 e. The Hall–Kier alpha value is -3.33. The molecule has 2 aromatic rings. The van der Waals surface area contributed by atoms with Crippen molar-refractivity contribution in [3.8, 4) is 0 Å². The lowest BCUT2D eigenvalue weighted by molar-refractivity contribution is -0.384. The predicted molar refractivity (Wildman–Crippen MR) is 110 cm³/mol. The van der Waals surface area contributed by atoms with Crippen LogP contribution in [0, 0.1) is 21.8 Å². The van der Waals surface area contributed by atoms with Crippen molar-refractivity contribution in [2.24, 2.45) is 5.92 Å². The molecule has 3 rings (SSSR count). The number of nitro groups is 1. The highest BCUT2D eigenvalue weighted by Crippen LogP contribution is 2.28. The van der Waals surface area contributed by atoms with E-state index in [1.54, 1.807) is 0 Å². The van der Waals surface area contributed by atoms with Gasteiger partial charge in [0.25, 0.3) is 5.69 Å². The van der Waals surface area contributed by atoms with E-state index in [1.807, 2.05) is 0 Å². The lowest BCUT2D eigenvalue weighted by atomic mass is 10.0. The molecule has 0 saturated carbocycles. The van der Waals surface area contributed by atoms with Crippen LogP contribution in [0.2, 0.25) is 0 Å². The first-order valence-corrected chi connectivity index (χ1v) is 9.94. The number of carbonyl (C=O) groups is 3. The number of ether oxygens (including phenoxy) is 1. The van der Waals surface area contributed by atoms with E-state index in [-0.39, 0.29) is 42.4 Å². The van der Waals surface area contributed by atoms with Gasteiger partial charge in [0.2, 0.25) is 11.7 Å². The summed E-state index contributed by atoms with van der Waals surface area (Å²) in [4.78, 5) is 49.2. The summed E-state index contributed by atoms with van der Waals surface area (Å²) in [5.74, 6) is -2.81. The number of Topliss-reactive ketones (excluding diaryl/α,β-unsaturated/α-hetero) is 1. The Bertz CT molecular complexity index is 996. The average molecular weight is 449 g/mol. The van der Waals surface area contributed by atoms with E-state index in [0.29, 0.717) is 5.69 Å². The van der Waals surface area contributed by atoms with Crippen LogP contribution in [0.5, 0.6) is 0 Å². The molecule has 1 saturated heterocycles. The first-order valence-electron chi connectivity index (χ1n) is 9.41. The SMILES string of the molecule is O=C(O[C@H](CCCl)C(=O)c1ccc(F)cc1)[C@@H]1CC(=O)N(c2ccc([N+](=O)[O-])cc2)C1. The van der Waals surface area contributed by atoms with Crippen LogP contribution in [-0.4, -0.2) is 41.1 Å². The normalized spacial score (nSPS) is 16.8. The molecule has 31 heavy (non-hydrogen) atoms. The number of hydrogen-bond acceptors (Lipinski definition) is 6. The molecule has 1 aliphatic rings. The number of nitro benzene ring substituents is 1. The largest absolute Gasteiger partial charge is 0.454 e. The Labute approximate surface area is 181 Å². The molecular formula is C21H18ClFN2O6. The number of carbonyl (C=O) groups excluding carboxylic acids is 3. The molecule has 2 aromatic carbocycles. The first kappa shape index (κ1) is 22.4. The highest BCUT2D eigenvalue weighted by atomic mass is 35.5. The van der Waals surface area contributed by atoms with E-state index in [9.17, 15) is 28.9 Å². The van der Waals surface area contributed by atoms with Gasteiger partial charge in [-0.05, 0) is 36.4 Å². The van der Waals surface area contributed by atoms with Gasteiger partial charge in [-0.15, -0.1) is 11.6 Å². The fraction of sp³-hybridized carbons (Fsp3) is 0.286. The van der Waals surface area contributed by atoms with E-state index >= 15 is 0 Å². The highest BCUT2D eigenvalue weighted by molar-refractivity contribution is 6.18. The van der Waals surface area contributed by atoms with Crippen molar-refractivity contribution in [3.63, 3.8) is 0 Å². The molecule has 0 spiro atoms. The Morgan fingerprint density at radius 3 is 2.42 bits per heavy atom. The summed E-state index contributed by atoms with van der Waals surface area (Å²) in [5, 5.41) is 10.8. The van der Waals surface area contributed by atoms with Gasteiger partial charge in [0.15, 0.2) is 6.10 Å². The smallest absolute Gasteiger partial charge is 0.312 e. The molecule has 1 amide bonds. The Morgan fingerprint density at radius 2 is 1.84 bits per heavy atom. The number of benzene rings is 2. The van der Waals surface area contributed by atoms with E-state index in [2.05, 4.69) is 0 Å². The van der Waals surface area contributed by atoms with E-state index in [1.165, 1.54) is 41.3 Å². The number of anilines is 1. The summed E-state index contributed by atoms with van der Waals surface area (Å²) in [5.41, 5.74) is 0.486. The summed E-state index contributed by atoms with van der Waals surface area (Å²) in [6.45, 7) is 0.0216. The molecule has 0 bridgehead atoms. The van der Waals surface area contributed by atoms with Crippen LogP contribution >= 0.6 is 11.6 Å². The number of amides is 1. The zero-order valence-corrected chi connectivity index (χ0v) is 17.0. The van der Waals surface area contributed by atoms with Gasteiger partial charge >= 0.3 is 5.97 Å². The summed E-state index contributed by atoms with van der Waals surface area (Å²) < 4.78 is 18.5. The topological polar surface area (TPSA) is 107 Å². The number of hydrogen-bond donors (Lipinski definition) is 0. The highest BCUT2D eigenvalue weighted by Gasteiger charge is 2.38. The van der Waals surface area contributed by atoms with Crippen molar-refractivity contribution in [1.82, 2.24) is 0 Å². The second-order valence-electron chi connectivity index (χ2n) is 6.95. The Balaban J connectivity index is 1.68. The van der Waals surface area contributed by atoms with Crippen LogP contribution in [0.15, 0.2) is 48.5 Å². The number of nitrogens with zero attached hydrogens (tertiary/aromatic N) is 2. The zero-order chi connectivity index (χ0) is 22.5. The van der Waals surface area contributed by atoms with Crippen LogP contribution in [0.3, 0.4) is 0 Å². The van der Waals surface area contributed by atoms with Crippen LogP contribution in [0.1, 0.15) is 23.2 Å². The summed E-state index contributed by atoms with van der Waals surface area (Å²) in [6.07, 6.45) is -1.20. The molecule has 10 heteroatoms. The van der Waals surface area contributed by atoms with Gasteiger partial charge < -0.3 is 9.64 Å². The minimum absolute atomic E-state index is 0.0216. The summed E-state index contributed by atoms with van der Waals surface area (Å²) >= 11 is 5.74. The lowest BCUT2D eigenvalue weighted by Gasteiger charge is -2.19. The van der Waals surface area contributed by atoms with Crippen LogP contribution < -0.4 is 4.90 Å². The van der Waals surface area contributed by atoms with Crippen LogP contribution in [-0.2, 0) is 14.3 Å². The molecule has 1 aliphatic heterocycles. The molecular weight excluding hydrogens is 431 g/mol. The Kier molecular flexibility index (Phi) is 6.96. The molecule has 0 aliphatic carbocycles. The second kappa shape index (κ2) is 9.65. The number of esters is 1. The molecule has 0 aromatic heterocycles. The standard InChI is InChI=1S/C21H18ClFN2O6/c22-10-9-18(20(27)13-1-3-15(23)4-2-13)31-21(28)14-11-19(26)24(12-14)16-5-7-17(8-6-16)25(29)30/h1-8,14,18H,9-12H2/t14-,18-/m1/s1. The molecule has 1 heterocycles. The van der Waals surface area contributed by atoms with Gasteiger partial charge in [-0.1, -0.05) is 0 Å². The number of rotatable bonds is 8. The number of alkyl halides is 1. The molecule has 0 N–H and O–H groups in total. The molecule has 2 atom stereocenters. The third kappa shape index (κ3) is 5.24. The van der Waals surface area contributed by atoms with Gasteiger partial charge in [-0.3, -0.25) is 24.5 Å². The van der Waals surface area contributed by atoms with Gasteiger partial charge in [-0.2, -0.15) is 0 Å². The fourth-order valence-electron chi connectivity index (χ4n) is 3.25. The monoisotopic (exact) mass is 448 g/mol. The van der Waals surface area contributed by atoms with Crippen molar-refractivity contribution in [3.05, 3.63) is 70.0 Å². The van der Waals surface area contributed by atoms with Crippen molar-refractivity contribution >= 4 is 40.6 Å². The summed E-state index contributed by atoms with van der Waals surface area (Å²) in [7, 11) is 0. The van der Waals surface area contributed by atoms with Crippen LogP contribution in [0.4, 0.5) is 15.8 Å². The molecule has 162 valence electrons. The van der Waals surface area contributed by atoms with Gasteiger partial charge in [0.05, 0.1) is 10.8 Å². The average Bonchev–Trinajstić information content (AvgIpc) is 3.15. The molecule has 0 unspecified atom stereocenters. The third-order valence-electron chi connectivity index (χ3n) is 4.88. The quantitative estimate of drug-likeness (QED) is 0.201. The van der Waals surface area contributed by atoms with Crippen LogP contribution in [0.25, 0.3) is 0 Å². The Morgan fingerprint density at radius 1 is 1.19 bits per heavy atom. The van der Waals surface area contributed by atoms with Crippen molar-refractivity contribution in [2.45, 2.75) is 18.9 Å². The van der Waals surface area contributed by atoms with Crippen molar-refractivity contribution in [2.75, 3.05) is 17.3 Å². The predicted octanol–water partition coefficient (Wildman–Crippen LogP) is 3.51. The first-order chi connectivity index (χ1) is 14.8. The van der Waals surface area contributed by atoms with Gasteiger partial charge in [0, 0.05) is 48.6 Å². The molecule has 0 radical (unpaired) electrons. The van der Waals surface area contributed by atoms with Gasteiger partial charge in [-0.25, -0.2) is 4.39 Å². The fourth-order valence-corrected chi connectivity index (χ4v) is 3.45. The zero-order valence-electron chi connectivity index (χ0n) is 16.2. The number of ketones is 1. The number of non-ortho nitro benzene ring substituents is 1. The minimum atomic E-state index is -1.15. The lowest BCUT2D eigenvalue weighted by Crippen LogP contribution is -2.32. The van der Waals surface area contributed by atoms with Crippen molar-refractivity contribution < 1.29 is 28.4 Å². The molecule has 1 fully saturated rings. The maximum atomic E-state index is 13.1.